The predicted octanol–water partition coefficient (Wildman–Crippen LogP) is 2.26. The molecule has 1 saturated heterocycles. The van der Waals surface area contributed by atoms with Gasteiger partial charge in [-0.1, -0.05) is 37.6 Å². The minimum atomic E-state index is -3.67. The van der Waals surface area contributed by atoms with Crippen LogP contribution in [0, 0.1) is 0 Å². The average molecular weight is 506 g/mol. The van der Waals surface area contributed by atoms with Crippen LogP contribution in [0.3, 0.4) is 0 Å². The van der Waals surface area contributed by atoms with E-state index in [2.05, 4.69) is 4.72 Å². The third-order valence-corrected chi connectivity index (χ3v) is 7.01. The number of rotatable bonds is 13. The van der Waals surface area contributed by atoms with E-state index in [1.807, 2.05) is 31.2 Å². The van der Waals surface area contributed by atoms with Gasteiger partial charge in [-0.2, -0.15) is 0 Å². The average Bonchev–Trinajstić information content (AvgIpc) is 3.22. The van der Waals surface area contributed by atoms with Gasteiger partial charge in [-0.25, -0.2) is 17.9 Å². The van der Waals surface area contributed by atoms with Crippen molar-refractivity contribution in [1.82, 2.24) is 4.72 Å². The minimum absolute atomic E-state index is 0.000881. The summed E-state index contributed by atoms with van der Waals surface area (Å²) in [6.07, 6.45) is 0.252. The number of carboxylic acid groups (broad SMARTS) is 1. The molecule has 1 fully saturated rings. The van der Waals surface area contributed by atoms with Crippen LogP contribution in [-0.4, -0.2) is 56.6 Å². The summed E-state index contributed by atoms with van der Waals surface area (Å²) in [6.45, 7) is 2.78. The molecule has 2 aromatic carbocycles. The highest BCUT2D eigenvalue weighted by molar-refractivity contribution is 7.89. The van der Waals surface area contributed by atoms with Crippen LogP contribution in [0.4, 0.5) is 10.5 Å². The highest BCUT2D eigenvalue weighted by Crippen LogP contribution is 2.23. The number of unbranched alkanes of at least 4 members (excludes halogenated alkanes) is 1. The van der Waals surface area contributed by atoms with Crippen LogP contribution in [0.5, 0.6) is 5.75 Å². The molecule has 0 saturated carbocycles. The smallest absolute Gasteiger partial charge is 0.414 e. The first-order valence-corrected chi connectivity index (χ1v) is 13.1. The van der Waals surface area contributed by atoms with E-state index in [-0.39, 0.29) is 18.8 Å². The van der Waals surface area contributed by atoms with Gasteiger partial charge in [0, 0.05) is 12.2 Å². The number of anilines is 1. The van der Waals surface area contributed by atoms with Gasteiger partial charge in [-0.05, 0) is 48.2 Å². The Hall–Kier alpha value is -3.15. The fourth-order valence-electron chi connectivity index (χ4n) is 3.57. The SMILES string of the molecule is CCCCS(=O)(=O)NC(Cc1ccc(OCC2CN(c3ccc(CN)cc3)C(=O)O2)cc1)C(=O)O. The zero-order valence-electron chi connectivity index (χ0n) is 19.6. The molecule has 0 bridgehead atoms. The number of nitrogens with two attached hydrogens (primary N) is 1. The van der Waals surface area contributed by atoms with E-state index in [1.54, 1.807) is 24.3 Å². The van der Waals surface area contributed by atoms with E-state index < -0.39 is 34.2 Å². The van der Waals surface area contributed by atoms with Gasteiger partial charge in [0.15, 0.2) is 6.10 Å². The predicted molar refractivity (Wildman–Crippen MR) is 131 cm³/mol. The Labute approximate surface area is 205 Å². The first kappa shape index (κ1) is 26.5. The summed E-state index contributed by atoms with van der Waals surface area (Å²) in [5, 5.41) is 9.43. The Morgan fingerprint density at radius 2 is 1.86 bits per heavy atom. The maximum Gasteiger partial charge on any atom is 0.414 e. The highest BCUT2D eigenvalue weighted by atomic mass is 32.2. The Morgan fingerprint density at radius 3 is 2.46 bits per heavy atom. The number of carbonyl (C=O) groups is 2. The summed E-state index contributed by atoms with van der Waals surface area (Å²) in [5.74, 6) is -0.830. The van der Waals surface area contributed by atoms with Gasteiger partial charge in [-0.15, -0.1) is 0 Å². The number of cyclic esters (lactones) is 1. The molecule has 2 aromatic rings. The van der Waals surface area contributed by atoms with E-state index in [9.17, 15) is 23.1 Å². The van der Waals surface area contributed by atoms with Gasteiger partial charge in [0.1, 0.15) is 18.4 Å². The van der Waals surface area contributed by atoms with Crippen molar-refractivity contribution in [2.75, 3.05) is 23.8 Å². The van der Waals surface area contributed by atoms with Gasteiger partial charge in [0.05, 0.1) is 12.3 Å². The second-order valence-electron chi connectivity index (χ2n) is 8.33. The van der Waals surface area contributed by atoms with E-state index >= 15 is 0 Å². The minimum Gasteiger partial charge on any atom is -0.490 e. The quantitative estimate of drug-likeness (QED) is 0.375. The Kier molecular flexibility index (Phi) is 9.07. The van der Waals surface area contributed by atoms with Crippen LogP contribution < -0.4 is 20.1 Å². The molecule has 0 spiro atoms. The normalized spacial score (nSPS) is 16.7. The van der Waals surface area contributed by atoms with Crippen molar-refractivity contribution in [2.24, 2.45) is 5.73 Å². The summed E-state index contributed by atoms with van der Waals surface area (Å²) in [7, 11) is -3.67. The molecule has 35 heavy (non-hydrogen) atoms. The van der Waals surface area contributed by atoms with Crippen LogP contribution >= 0.6 is 0 Å². The maximum absolute atomic E-state index is 12.2. The van der Waals surface area contributed by atoms with Gasteiger partial charge in [0.25, 0.3) is 0 Å². The Morgan fingerprint density at radius 1 is 1.20 bits per heavy atom. The number of nitrogens with one attached hydrogen (secondary N) is 1. The van der Waals surface area contributed by atoms with Crippen LogP contribution in [-0.2, 0) is 32.5 Å². The van der Waals surface area contributed by atoms with Crippen molar-refractivity contribution in [1.29, 1.82) is 0 Å². The molecule has 0 aromatic heterocycles. The number of hydrogen-bond donors (Lipinski definition) is 3. The van der Waals surface area contributed by atoms with Crippen molar-refractivity contribution in [3.05, 3.63) is 59.7 Å². The molecule has 11 heteroatoms. The fraction of sp³-hybridized carbons (Fsp3) is 0.417. The van der Waals surface area contributed by atoms with E-state index in [4.69, 9.17) is 15.2 Å². The van der Waals surface area contributed by atoms with E-state index in [0.717, 1.165) is 11.3 Å². The fourth-order valence-corrected chi connectivity index (χ4v) is 4.97. The first-order valence-electron chi connectivity index (χ1n) is 11.4. The lowest BCUT2D eigenvalue weighted by Crippen LogP contribution is -2.43. The molecule has 1 aliphatic heterocycles. The van der Waals surface area contributed by atoms with Gasteiger partial charge < -0.3 is 20.3 Å². The lowest BCUT2D eigenvalue weighted by molar-refractivity contribution is -0.138. The second kappa shape index (κ2) is 12.0. The van der Waals surface area contributed by atoms with Crippen molar-refractivity contribution >= 4 is 27.8 Å². The number of aliphatic carboxylic acids is 1. The van der Waals surface area contributed by atoms with Crippen molar-refractivity contribution in [3.8, 4) is 5.75 Å². The van der Waals surface area contributed by atoms with Crippen LogP contribution in [0.15, 0.2) is 48.5 Å². The van der Waals surface area contributed by atoms with E-state index in [0.29, 0.717) is 37.2 Å². The summed E-state index contributed by atoms with van der Waals surface area (Å²) in [5.41, 5.74) is 7.94. The molecule has 1 heterocycles. The van der Waals surface area contributed by atoms with E-state index in [1.165, 1.54) is 4.90 Å². The molecule has 190 valence electrons. The molecule has 1 aliphatic rings. The molecule has 2 unspecified atom stereocenters. The van der Waals surface area contributed by atoms with Gasteiger partial charge in [-0.3, -0.25) is 9.69 Å². The maximum atomic E-state index is 12.2. The number of nitrogens with zero attached hydrogens (tertiary/aromatic N) is 1. The Balaban J connectivity index is 1.52. The molecule has 3 rings (SSSR count). The van der Waals surface area contributed by atoms with Crippen molar-refractivity contribution < 1.29 is 32.6 Å². The first-order chi connectivity index (χ1) is 16.7. The summed E-state index contributed by atoms with van der Waals surface area (Å²) >= 11 is 0. The number of sulfonamides is 1. The van der Waals surface area contributed by atoms with Gasteiger partial charge in [0.2, 0.25) is 10.0 Å². The number of amides is 1. The largest absolute Gasteiger partial charge is 0.490 e. The number of ether oxygens (including phenoxy) is 2. The monoisotopic (exact) mass is 505 g/mol. The molecule has 4 N–H and O–H groups in total. The van der Waals surface area contributed by atoms with Crippen molar-refractivity contribution in [3.63, 3.8) is 0 Å². The third-order valence-electron chi connectivity index (χ3n) is 5.54. The highest BCUT2D eigenvalue weighted by Gasteiger charge is 2.32. The summed E-state index contributed by atoms with van der Waals surface area (Å²) in [4.78, 5) is 25.3. The molecule has 10 nitrogen and oxygen atoms in total. The standard InChI is InChI=1S/C24H31N3O7S/c1-2-3-12-35(31,32)26-22(23(28)29)13-17-6-10-20(11-7-17)33-16-21-15-27(24(30)34-21)19-8-4-18(14-25)5-9-19/h4-11,21-22,26H,2-3,12-16,25H2,1H3,(H,28,29). The zero-order valence-corrected chi connectivity index (χ0v) is 20.4. The molecule has 2 atom stereocenters. The van der Waals surface area contributed by atoms with Crippen LogP contribution in [0.25, 0.3) is 0 Å². The molecular formula is C24H31N3O7S. The topological polar surface area (TPSA) is 148 Å². The number of carbonyl (C=O) groups excluding carboxylic acids is 1. The lowest BCUT2D eigenvalue weighted by atomic mass is 10.1. The van der Waals surface area contributed by atoms with Crippen LogP contribution in [0.1, 0.15) is 30.9 Å². The molecule has 0 radical (unpaired) electrons. The summed E-state index contributed by atoms with van der Waals surface area (Å²) < 4.78 is 37.6. The molecule has 1 amide bonds. The second-order valence-corrected chi connectivity index (χ2v) is 10.2. The molecular weight excluding hydrogens is 474 g/mol. The third kappa shape index (κ3) is 7.67. The van der Waals surface area contributed by atoms with Crippen LogP contribution in [0.2, 0.25) is 0 Å². The van der Waals surface area contributed by atoms with Crippen molar-refractivity contribution in [2.45, 2.75) is 44.9 Å². The summed E-state index contributed by atoms with van der Waals surface area (Å²) in [6, 6.07) is 12.8. The lowest BCUT2D eigenvalue weighted by Gasteiger charge is -2.15. The van der Waals surface area contributed by atoms with Gasteiger partial charge >= 0.3 is 12.1 Å². The Bertz CT molecular complexity index is 1100. The molecule has 0 aliphatic carbocycles. The number of benzene rings is 2. The zero-order chi connectivity index (χ0) is 25.4. The number of carboxylic acids is 1. The number of hydrogen-bond acceptors (Lipinski definition) is 7.